The molecule has 6 rings (SSSR count). The van der Waals surface area contributed by atoms with Gasteiger partial charge in [-0.1, -0.05) is 30.4 Å². The second kappa shape index (κ2) is 5.58. The van der Waals surface area contributed by atoms with E-state index in [0.717, 1.165) is 22.9 Å². The van der Waals surface area contributed by atoms with Crippen molar-refractivity contribution >= 4 is 28.4 Å². The zero-order valence-electron chi connectivity index (χ0n) is 15.0. The van der Waals surface area contributed by atoms with Crippen LogP contribution >= 0.6 is 0 Å². The molecular formula is C23H17N3O2. The van der Waals surface area contributed by atoms with Gasteiger partial charge in [0, 0.05) is 17.1 Å². The van der Waals surface area contributed by atoms with Gasteiger partial charge in [-0.15, -0.1) is 0 Å². The number of para-hydroxylation sites is 1. The van der Waals surface area contributed by atoms with Crippen molar-refractivity contribution in [2.24, 2.45) is 23.7 Å². The number of amides is 2. The molecule has 1 saturated carbocycles. The summed E-state index contributed by atoms with van der Waals surface area (Å²) >= 11 is 0. The van der Waals surface area contributed by atoms with Gasteiger partial charge >= 0.3 is 0 Å². The smallest absolute Gasteiger partial charge is 0.238 e. The topological polar surface area (TPSA) is 63.2 Å². The lowest BCUT2D eigenvalue weighted by atomic mass is 9.85. The third kappa shape index (κ3) is 2.07. The minimum atomic E-state index is -0.175. The fourth-order valence-electron chi connectivity index (χ4n) is 5.03. The minimum Gasteiger partial charge on any atom is -0.274 e. The van der Waals surface area contributed by atoms with Gasteiger partial charge in [-0.05, 0) is 48.6 Å². The fraction of sp³-hybridized carbons (Fsp3) is 0.217. The molecule has 5 heteroatoms. The Morgan fingerprint density at radius 1 is 0.857 bits per heavy atom. The van der Waals surface area contributed by atoms with Crippen molar-refractivity contribution in [2.75, 3.05) is 4.90 Å². The highest BCUT2D eigenvalue weighted by Crippen LogP contribution is 2.53. The largest absolute Gasteiger partial charge is 0.274 e. The second-order valence-electron chi connectivity index (χ2n) is 7.81. The summed E-state index contributed by atoms with van der Waals surface area (Å²) in [5, 5.41) is 0.992. The zero-order chi connectivity index (χ0) is 18.8. The lowest BCUT2D eigenvalue weighted by Crippen LogP contribution is -2.32. The van der Waals surface area contributed by atoms with Crippen LogP contribution in [0.1, 0.15) is 6.42 Å². The summed E-state index contributed by atoms with van der Waals surface area (Å²) in [7, 11) is 0. The third-order valence-corrected chi connectivity index (χ3v) is 6.34. The number of rotatable bonds is 2. The van der Waals surface area contributed by atoms with Crippen LogP contribution in [0.25, 0.3) is 22.3 Å². The van der Waals surface area contributed by atoms with Gasteiger partial charge in [0.05, 0.1) is 23.0 Å². The van der Waals surface area contributed by atoms with E-state index in [2.05, 4.69) is 22.1 Å². The van der Waals surface area contributed by atoms with Gasteiger partial charge in [0.1, 0.15) is 0 Å². The molecule has 28 heavy (non-hydrogen) atoms. The predicted octanol–water partition coefficient (Wildman–Crippen LogP) is 3.61. The van der Waals surface area contributed by atoms with Crippen LogP contribution in [0.3, 0.4) is 0 Å². The number of aromatic nitrogens is 2. The van der Waals surface area contributed by atoms with Crippen LogP contribution in [0.5, 0.6) is 0 Å². The van der Waals surface area contributed by atoms with E-state index in [0.29, 0.717) is 11.5 Å². The number of allylic oxidation sites excluding steroid dienone is 2. The van der Waals surface area contributed by atoms with E-state index in [9.17, 15) is 9.59 Å². The first-order valence-corrected chi connectivity index (χ1v) is 9.59. The SMILES string of the molecule is O=C1[C@@H]2[C@@H]3C=CC(C3)[C@@H]2C(=O)N1c1ccc(-c2ncc3ccccc3n2)cc1. The molecule has 136 valence electrons. The molecule has 3 aliphatic rings. The van der Waals surface area contributed by atoms with Crippen molar-refractivity contribution in [3.8, 4) is 11.4 Å². The fourth-order valence-corrected chi connectivity index (χ4v) is 5.03. The highest BCUT2D eigenvalue weighted by Gasteiger charge is 2.59. The van der Waals surface area contributed by atoms with Crippen molar-refractivity contribution in [1.82, 2.24) is 9.97 Å². The average Bonchev–Trinajstić information content (AvgIpc) is 3.42. The minimum absolute atomic E-state index is 0.0541. The average molecular weight is 367 g/mol. The maximum atomic E-state index is 12.9. The van der Waals surface area contributed by atoms with Gasteiger partial charge in [-0.3, -0.25) is 14.5 Å². The Morgan fingerprint density at radius 2 is 1.54 bits per heavy atom. The maximum absolute atomic E-state index is 12.9. The van der Waals surface area contributed by atoms with Crippen molar-refractivity contribution in [2.45, 2.75) is 6.42 Å². The summed E-state index contributed by atoms with van der Waals surface area (Å²) in [5.74, 6) is 0.618. The molecule has 0 spiro atoms. The molecule has 2 fully saturated rings. The number of benzene rings is 2. The summed E-state index contributed by atoms with van der Waals surface area (Å²) in [6, 6.07) is 15.2. The molecule has 2 heterocycles. The van der Waals surface area contributed by atoms with Gasteiger partial charge in [-0.2, -0.15) is 0 Å². The number of fused-ring (bicyclic) bond motifs is 6. The Bertz CT molecular complexity index is 1140. The summed E-state index contributed by atoms with van der Waals surface area (Å²) in [4.78, 5) is 36.3. The van der Waals surface area contributed by atoms with Gasteiger partial charge in [0.15, 0.2) is 5.82 Å². The lowest BCUT2D eigenvalue weighted by Gasteiger charge is -2.17. The standard InChI is InChI=1S/C23H17N3O2/c27-22-19-14-5-6-15(11-14)20(19)23(28)26(22)17-9-7-13(8-10-17)21-24-12-16-3-1-2-4-18(16)25-21/h1-10,12,14-15,19-20H,11H2/t14-,15?,19-,20+/m1/s1. The number of hydrogen-bond donors (Lipinski definition) is 0. The number of hydrogen-bond acceptors (Lipinski definition) is 4. The van der Waals surface area contributed by atoms with Crippen LogP contribution in [0.2, 0.25) is 0 Å². The van der Waals surface area contributed by atoms with E-state index in [1.54, 1.807) is 0 Å². The highest BCUT2D eigenvalue weighted by molar-refractivity contribution is 6.22. The van der Waals surface area contributed by atoms with Crippen molar-refractivity contribution in [3.05, 3.63) is 66.9 Å². The summed E-state index contributed by atoms with van der Waals surface area (Å²) in [6.07, 6.45) is 6.98. The van der Waals surface area contributed by atoms with E-state index >= 15 is 0 Å². The highest BCUT2D eigenvalue weighted by atomic mass is 16.2. The van der Waals surface area contributed by atoms with Crippen LogP contribution in [-0.2, 0) is 9.59 Å². The number of anilines is 1. The molecule has 1 aliphatic heterocycles. The van der Waals surface area contributed by atoms with Gasteiger partial charge < -0.3 is 0 Å². The molecule has 0 radical (unpaired) electrons. The first-order chi connectivity index (χ1) is 13.7. The van der Waals surface area contributed by atoms with E-state index in [4.69, 9.17) is 0 Å². The Labute approximate surface area is 161 Å². The molecule has 4 atom stereocenters. The number of imide groups is 1. The normalized spacial score (nSPS) is 27.8. The number of carbonyl (C=O) groups excluding carboxylic acids is 2. The number of carbonyl (C=O) groups is 2. The Kier molecular flexibility index (Phi) is 3.13. The zero-order valence-corrected chi connectivity index (χ0v) is 15.0. The summed E-state index contributed by atoms with van der Waals surface area (Å²) < 4.78 is 0. The molecule has 5 nitrogen and oxygen atoms in total. The third-order valence-electron chi connectivity index (χ3n) is 6.34. The van der Waals surface area contributed by atoms with Crippen molar-refractivity contribution in [1.29, 1.82) is 0 Å². The first-order valence-electron chi connectivity index (χ1n) is 9.59. The van der Waals surface area contributed by atoms with E-state index in [1.807, 2.05) is 54.7 Å². The van der Waals surface area contributed by atoms with Crippen LogP contribution in [0.15, 0.2) is 66.9 Å². The molecule has 2 aromatic carbocycles. The quantitative estimate of drug-likeness (QED) is 0.513. The van der Waals surface area contributed by atoms with Crippen LogP contribution in [0.4, 0.5) is 5.69 Å². The Balaban J connectivity index is 1.33. The van der Waals surface area contributed by atoms with E-state index in [-0.39, 0.29) is 35.5 Å². The number of nitrogens with zero attached hydrogens (tertiary/aromatic N) is 3. The van der Waals surface area contributed by atoms with Crippen LogP contribution in [0, 0.1) is 23.7 Å². The molecule has 1 aromatic heterocycles. The molecule has 2 aliphatic carbocycles. The summed E-state index contributed by atoms with van der Waals surface area (Å²) in [5.41, 5.74) is 2.38. The molecule has 2 amide bonds. The monoisotopic (exact) mass is 367 g/mol. The van der Waals surface area contributed by atoms with Crippen molar-refractivity contribution in [3.63, 3.8) is 0 Å². The molecule has 1 unspecified atom stereocenters. The van der Waals surface area contributed by atoms with E-state index < -0.39 is 0 Å². The Morgan fingerprint density at radius 3 is 2.25 bits per heavy atom. The maximum Gasteiger partial charge on any atom is 0.238 e. The molecule has 0 N–H and O–H groups in total. The lowest BCUT2D eigenvalue weighted by molar-refractivity contribution is -0.123. The van der Waals surface area contributed by atoms with Gasteiger partial charge in [0.2, 0.25) is 11.8 Å². The molecule has 2 bridgehead atoms. The van der Waals surface area contributed by atoms with E-state index in [1.165, 1.54) is 4.90 Å². The molecule has 1 saturated heterocycles. The predicted molar refractivity (Wildman–Crippen MR) is 105 cm³/mol. The Hall–Kier alpha value is -3.34. The molecular weight excluding hydrogens is 350 g/mol. The summed E-state index contributed by atoms with van der Waals surface area (Å²) in [6.45, 7) is 0. The van der Waals surface area contributed by atoms with Gasteiger partial charge in [-0.25, -0.2) is 9.97 Å². The first kappa shape index (κ1) is 15.7. The van der Waals surface area contributed by atoms with Crippen molar-refractivity contribution < 1.29 is 9.59 Å². The van der Waals surface area contributed by atoms with Gasteiger partial charge in [0.25, 0.3) is 0 Å². The molecule has 3 aromatic rings. The second-order valence-corrected chi connectivity index (χ2v) is 7.81. The van der Waals surface area contributed by atoms with Crippen LogP contribution in [-0.4, -0.2) is 21.8 Å². The van der Waals surface area contributed by atoms with Crippen LogP contribution < -0.4 is 4.90 Å².